The summed E-state index contributed by atoms with van der Waals surface area (Å²) < 4.78 is 30.5. The lowest BCUT2D eigenvalue weighted by atomic mass is 10.1. The van der Waals surface area contributed by atoms with Gasteiger partial charge in [-0.3, -0.25) is 0 Å². The van der Waals surface area contributed by atoms with Crippen LogP contribution in [0.1, 0.15) is 12.0 Å². The van der Waals surface area contributed by atoms with E-state index in [1.165, 1.54) is 6.20 Å². The number of alkyl halides is 2. The van der Waals surface area contributed by atoms with E-state index in [0.29, 0.717) is 22.3 Å². The van der Waals surface area contributed by atoms with Gasteiger partial charge in [0.2, 0.25) is 0 Å². The zero-order valence-corrected chi connectivity index (χ0v) is 15.1. The van der Waals surface area contributed by atoms with Crippen LogP contribution in [0.2, 0.25) is 0 Å². The summed E-state index contributed by atoms with van der Waals surface area (Å²) in [5.41, 5.74) is 2.19. The Balaban J connectivity index is 1.72. The first-order valence-electron chi connectivity index (χ1n) is 8.82. The third-order valence-electron chi connectivity index (χ3n) is 4.79. The molecule has 7 nitrogen and oxygen atoms in total. The first-order chi connectivity index (χ1) is 13.5. The number of anilines is 1. The molecule has 4 rings (SSSR count). The fraction of sp³-hybridized carbons (Fsp3) is 0.316. The molecule has 0 aliphatic carbocycles. The maximum atomic E-state index is 12.9. The molecule has 1 aliphatic heterocycles. The van der Waals surface area contributed by atoms with Crippen LogP contribution in [0.15, 0.2) is 30.6 Å². The number of hydrogen-bond donors (Lipinski definition) is 2. The van der Waals surface area contributed by atoms with E-state index in [0.717, 1.165) is 24.9 Å². The monoisotopic (exact) mass is 384 g/mol. The van der Waals surface area contributed by atoms with Gasteiger partial charge in [-0.15, -0.1) is 0 Å². The van der Waals surface area contributed by atoms with E-state index in [1.54, 1.807) is 18.3 Å². The molecular formula is C19H18F2N6O. The van der Waals surface area contributed by atoms with Gasteiger partial charge < -0.3 is 19.9 Å². The number of fused-ring (bicyclic) bond motifs is 1. The fourth-order valence-electron chi connectivity index (χ4n) is 3.47. The molecule has 3 heterocycles. The van der Waals surface area contributed by atoms with Crippen molar-refractivity contribution in [3.63, 3.8) is 0 Å². The van der Waals surface area contributed by atoms with Crippen LogP contribution in [0.25, 0.3) is 22.2 Å². The predicted octanol–water partition coefficient (Wildman–Crippen LogP) is 3.21. The summed E-state index contributed by atoms with van der Waals surface area (Å²) in [5.74, 6) is -0.0465. The Bertz CT molecular complexity index is 1040. The van der Waals surface area contributed by atoms with Crippen LogP contribution >= 0.6 is 0 Å². The fourth-order valence-corrected chi connectivity index (χ4v) is 3.47. The van der Waals surface area contributed by atoms with Gasteiger partial charge in [-0.1, -0.05) is 12.1 Å². The maximum Gasteiger partial charge on any atom is 0.388 e. The number of hydrogen-bond acceptors (Lipinski definition) is 6. The summed E-state index contributed by atoms with van der Waals surface area (Å²) in [6.45, 7) is -1.30. The van der Waals surface area contributed by atoms with Crippen molar-refractivity contribution in [3.05, 3.63) is 36.2 Å². The Morgan fingerprint density at radius 2 is 2.29 bits per heavy atom. The molecule has 28 heavy (non-hydrogen) atoms. The van der Waals surface area contributed by atoms with Gasteiger partial charge in [0.15, 0.2) is 5.82 Å². The minimum absolute atomic E-state index is 0.0939. The second-order valence-corrected chi connectivity index (χ2v) is 6.72. The number of nitriles is 1. The van der Waals surface area contributed by atoms with Crippen molar-refractivity contribution in [1.29, 1.82) is 5.26 Å². The molecule has 2 N–H and O–H groups in total. The summed E-state index contributed by atoms with van der Waals surface area (Å²) in [6.07, 6.45) is 4.08. The molecule has 9 heteroatoms. The first-order valence-corrected chi connectivity index (χ1v) is 8.82. The molecule has 1 fully saturated rings. The van der Waals surface area contributed by atoms with Crippen molar-refractivity contribution in [2.24, 2.45) is 0 Å². The number of benzene rings is 1. The number of halogens is 2. The number of para-hydroxylation sites is 1. The highest BCUT2D eigenvalue weighted by atomic mass is 19.3. The highest BCUT2D eigenvalue weighted by molar-refractivity contribution is 5.97. The second kappa shape index (κ2) is 7.40. The predicted molar refractivity (Wildman–Crippen MR) is 100 cm³/mol. The Labute approximate surface area is 160 Å². The zero-order chi connectivity index (χ0) is 19.7. The molecule has 0 spiro atoms. The topological polar surface area (TPSA) is 89.9 Å². The Hall–Kier alpha value is -3.25. The number of H-pyrrole nitrogens is 1. The van der Waals surface area contributed by atoms with E-state index >= 15 is 0 Å². The third-order valence-corrected chi connectivity index (χ3v) is 4.79. The summed E-state index contributed by atoms with van der Waals surface area (Å²) in [4.78, 5) is 13.8. The minimum Gasteiger partial charge on any atom is -0.413 e. The van der Waals surface area contributed by atoms with Crippen molar-refractivity contribution >= 4 is 16.7 Å². The number of rotatable bonds is 5. The van der Waals surface area contributed by atoms with Crippen LogP contribution in [-0.4, -0.2) is 52.6 Å². The van der Waals surface area contributed by atoms with Crippen LogP contribution in [0.4, 0.5) is 14.6 Å². The SMILES string of the molecule is CN1CCC(Nc2ncc(-c3c[nH]c4c(C#N)cccc34)nc2OC(F)F)C1. The Morgan fingerprint density at radius 1 is 1.43 bits per heavy atom. The molecule has 0 saturated carbocycles. The standard InChI is InChI=1S/C19H18F2N6O/c1-27-6-5-12(10-27)25-17-18(28-19(20)21)26-15(9-24-17)14-8-23-16-11(7-22)3-2-4-13(14)16/h2-4,8-9,12,19,23H,5-6,10H2,1H3,(H,24,25). The van der Waals surface area contributed by atoms with E-state index in [9.17, 15) is 14.0 Å². The van der Waals surface area contributed by atoms with Gasteiger partial charge in [0.05, 0.1) is 23.0 Å². The molecule has 0 radical (unpaired) electrons. The van der Waals surface area contributed by atoms with Gasteiger partial charge in [0.25, 0.3) is 5.88 Å². The summed E-state index contributed by atoms with van der Waals surface area (Å²) >= 11 is 0. The molecule has 1 atom stereocenters. The number of nitrogens with one attached hydrogen (secondary N) is 2. The van der Waals surface area contributed by atoms with Crippen LogP contribution in [-0.2, 0) is 0 Å². The summed E-state index contributed by atoms with van der Waals surface area (Å²) in [5, 5.41) is 13.1. The van der Waals surface area contributed by atoms with Crippen molar-refractivity contribution in [2.75, 3.05) is 25.5 Å². The zero-order valence-electron chi connectivity index (χ0n) is 15.1. The molecule has 1 saturated heterocycles. The lowest BCUT2D eigenvalue weighted by molar-refractivity contribution is -0.0524. The smallest absolute Gasteiger partial charge is 0.388 e. The van der Waals surface area contributed by atoms with E-state index in [4.69, 9.17) is 0 Å². The Morgan fingerprint density at radius 3 is 3.00 bits per heavy atom. The van der Waals surface area contributed by atoms with Crippen molar-refractivity contribution in [3.8, 4) is 23.2 Å². The molecule has 1 aromatic carbocycles. The van der Waals surface area contributed by atoms with Crippen LogP contribution in [0, 0.1) is 11.3 Å². The van der Waals surface area contributed by atoms with E-state index in [1.807, 2.05) is 13.1 Å². The number of likely N-dealkylation sites (N-methyl/N-ethyl adjacent to an activating group) is 1. The third kappa shape index (κ3) is 3.46. The lowest BCUT2D eigenvalue weighted by Gasteiger charge is -2.16. The maximum absolute atomic E-state index is 12.9. The van der Waals surface area contributed by atoms with Crippen LogP contribution < -0.4 is 10.1 Å². The highest BCUT2D eigenvalue weighted by Crippen LogP contribution is 2.32. The summed E-state index contributed by atoms with van der Waals surface area (Å²) in [6, 6.07) is 7.50. The van der Waals surface area contributed by atoms with Gasteiger partial charge in [-0.05, 0) is 26.1 Å². The first kappa shape index (κ1) is 18.1. The molecule has 0 bridgehead atoms. The molecule has 1 aliphatic rings. The molecule has 0 amide bonds. The van der Waals surface area contributed by atoms with Crippen LogP contribution in [0.3, 0.4) is 0 Å². The van der Waals surface area contributed by atoms with Crippen molar-refractivity contribution < 1.29 is 13.5 Å². The minimum atomic E-state index is -3.01. The largest absolute Gasteiger partial charge is 0.413 e. The van der Waals surface area contributed by atoms with E-state index in [2.05, 4.69) is 36.0 Å². The van der Waals surface area contributed by atoms with E-state index in [-0.39, 0.29) is 17.7 Å². The van der Waals surface area contributed by atoms with Gasteiger partial charge >= 0.3 is 6.61 Å². The lowest BCUT2D eigenvalue weighted by Crippen LogP contribution is -2.24. The number of aromatic nitrogens is 3. The number of likely N-dealkylation sites (tertiary alicyclic amines) is 1. The molecule has 2 aromatic heterocycles. The second-order valence-electron chi connectivity index (χ2n) is 6.72. The van der Waals surface area contributed by atoms with Crippen LogP contribution in [0.5, 0.6) is 5.88 Å². The van der Waals surface area contributed by atoms with Gasteiger partial charge in [0.1, 0.15) is 6.07 Å². The summed E-state index contributed by atoms with van der Waals surface area (Å²) in [7, 11) is 2.00. The highest BCUT2D eigenvalue weighted by Gasteiger charge is 2.23. The average molecular weight is 384 g/mol. The van der Waals surface area contributed by atoms with Crippen molar-refractivity contribution in [2.45, 2.75) is 19.1 Å². The number of aromatic amines is 1. The van der Waals surface area contributed by atoms with E-state index < -0.39 is 6.61 Å². The number of ether oxygens (including phenoxy) is 1. The normalized spacial score (nSPS) is 17.2. The average Bonchev–Trinajstić information content (AvgIpc) is 3.28. The van der Waals surface area contributed by atoms with Gasteiger partial charge in [-0.25, -0.2) is 9.97 Å². The quantitative estimate of drug-likeness (QED) is 0.702. The molecule has 144 valence electrons. The number of nitrogens with zero attached hydrogens (tertiary/aromatic N) is 4. The van der Waals surface area contributed by atoms with Crippen molar-refractivity contribution in [1.82, 2.24) is 19.9 Å². The molecule has 3 aromatic rings. The molecule has 1 unspecified atom stereocenters. The molecular weight excluding hydrogens is 366 g/mol. The van der Waals surface area contributed by atoms with Gasteiger partial charge in [-0.2, -0.15) is 14.0 Å². The Kier molecular flexibility index (Phi) is 4.79. The van der Waals surface area contributed by atoms with Gasteiger partial charge in [0, 0.05) is 29.7 Å².